The van der Waals surface area contributed by atoms with E-state index in [9.17, 15) is 4.79 Å². The van der Waals surface area contributed by atoms with E-state index >= 15 is 0 Å². The number of rotatable bonds is 1. The first-order valence-electron chi connectivity index (χ1n) is 5.05. The molecule has 2 aliphatic rings. The highest BCUT2D eigenvalue weighted by Gasteiger charge is 2.23. The number of benzene rings is 1. The average molecular weight is 188 g/mol. The highest BCUT2D eigenvalue weighted by atomic mass is 16.2. The van der Waals surface area contributed by atoms with Crippen molar-refractivity contribution < 1.29 is 4.79 Å². The first kappa shape index (κ1) is 7.85. The van der Waals surface area contributed by atoms with Crippen LogP contribution in [0.15, 0.2) is 18.2 Å². The summed E-state index contributed by atoms with van der Waals surface area (Å²) in [5.41, 5.74) is 3.00. The summed E-state index contributed by atoms with van der Waals surface area (Å²) >= 11 is 0. The molecule has 0 aromatic heterocycles. The quantitative estimate of drug-likeness (QED) is 0.729. The molecular weight excluding hydrogens is 176 g/mol. The van der Waals surface area contributed by atoms with Crippen molar-refractivity contribution in [1.29, 1.82) is 0 Å². The van der Waals surface area contributed by atoms with Gasteiger partial charge < -0.3 is 10.2 Å². The van der Waals surface area contributed by atoms with Crippen molar-refractivity contribution >= 4 is 17.3 Å². The Labute approximate surface area is 82.7 Å². The minimum Gasteiger partial charge on any atom is -0.372 e. The molecule has 1 aromatic carbocycles. The van der Waals surface area contributed by atoms with Crippen LogP contribution in [-0.4, -0.2) is 19.0 Å². The Morgan fingerprint density at radius 1 is 1.21 bits per heavy atom. The van der Waals surface area contributed by atoms with Gasteiger partial charge in [0.25, 0.3) is 5.91 Å². The summed E-state index contributed by atoms with van der Waals surface area (Å²) in [7, 11) is 0. The van der Waals surface area contributed by atoms with E-state index in [0.29, 0.717) is 0 Å². The van der Waals surface area contributed by atoms with Crippen molar-refractivity contribution in [3.8, 4) is 0 Å². The summed E-state index contributed by atoms with van der Waals surface area (Å²) in [5.74, 6) is 0.0565. The van der Waals surface area contributed by atoms with Crippen molar-refractivity contribution in [2.75, 3.05) is 23.3 Å². The molecule has 0 radical (unpaired) electrons. The summed E-state index contributed by atoms with van der Waals surface area (Å²) < 4.78 is 0. The van der Waals surface area contributed by atoms with Crippen LogP contribution in [0.4, 0.5) is 11.4 Å². The normalized spacial score (nSPS) is 18.9. The second-order valence-electron chi connectivity index (χ2n) is 3.88. The molecule has 0 bridgehead atoms. The Morgan fingerprint density at radius 2 is 2.00 bits per heavy atom. The number of nitrogens with zero attached hydrogens (tertiary/aromatic N) is 1. The lowest BCUT2D eigenvalue weighted by molar-refractivity contribution is 0.101. The topological polar surface area (TPSA) is 32.3 Å². The molecule has 0 atom stereocenters. The Kier molecular flexibility index (Phi) is 1.54. The molecule has 3 nitrogen and oxygen atoms in total. The number of fused-ring (bicyclic) bond motifs is 1. The van der Waals surface area contributed by atoms with Gasteiger partial charge in [0.1, 0.15) is 0 Å². The van der Waals surface area contributed by atoms with Gasteiger partial charge >= 0.3 is 0 Å². The summed E-state index contributed by atoms with van der Waals surface area (Å²) in [6, 6.07) is 6.08. The lowest BCUT2D eigenvalue weighted by Gasteiger charge is -2.24. The average Bonchev–Trinajstić information content (AvgIpc) is 2.69. The third kappa shape index (κ3) is 1.02. The predicted octanol–water partition coefficient (Wildman–Crippen LogP) is 1.85. The Bertz CT molecular complexity index is 394. The van der Waals surface area contributed by atoms with Crippen molar-refractivity contribution in [1.82, 2.24) is 0 Å². The Morgan fingerprint density at radius 3 is 2.71 bits per heavy atom. The van der Waals surface area contributed by atoms with Crippen molar-refractivity contribution in [2.24, 2.45) is 0 Å². The molecule has 2 heterocycles. The summed E-state index contributed by atoms with van der Waals surface area (Å²) in [5, 5.41) is 2.75. The Balaban J connectivity index is 1.95. The van der Waals surface area contributed by atoms with E-state index in [1.165, 1.54) is 18.5 Å². The second kappa shape index (κ2) is 2.74. The minimum atomic E-state index is 0.0565. The molecule has 0 unspecified atom stereocenters. The van der Waals surface area contributed by atoms with Crippen LogP contribution in [0.2, 0.25) is 0 Å². The van der Waals surface area contributed by atoms with Gasteiger partial charge in [-0.25, -0.2) is 0 Å². The van der Waals surface area contributed by atoms with Gasteiger partial charge in [0.05, 0.1) is 11.3 Å². The molecule has 2 aliphatic heterocycles. The molecule has 14 heavy (non-hydrogen) atoms. The van der Waals surface area contributed by atoms with E-state index in [4.69, 9.17) is 0 Å². The first-order valence-corrected chi connectivity index (χ1v) is 5.05. The number of carbonyl (C=O) groups is 1. The van der Waals surface area contributed by atoms with E-state index in [1.54, 1.807) is 0 Å². The van der Waals surface area contributed by atoms with E-state index < -0.39 is 0 Å². The number of amides is 1. The van der Waals surface area contributed by atoms with Crippen LogP contribution in [0, 0.1) is 0 Å². The number of nitrogens with one attached hydrogen (secondary N) is 1. The van der Waals surface area contributed by atoms with E-state index in [2.05, 4.69) is 16.3 Å². The highest BCUT2D eigenvalue weighted by Crippen LogP contribution is 2.31. The lowest BCUT2D eigenvalue weighted by Crippen LogP contribution is -2.26. The summed E-state index contributed by atoms with van der Waals surface area (Å²) in [6.45, 7) is 2.25. The van der Waals surface area contributed by atoms with Gasteiger partial charge in [-0.15, -0.1) is 0 Å². The van der Waals surface area contributed by atoms with Gasteiger partial charge in [-0.05, 0) is 31.0 Å². The standard InChI is InChI=1S/C11H12N2O/c14-11-9-7-8(3-4-10(9)12-11)13-5-1-2-6-13/h3-4,7H,1-2,5-6H2,(H,12,14). The van der Waals surface area contributed by atoms with Gasteiger partial charge in [-0.2, -0.15) is 0 Å². The van der Waals surface area contributed by atoms with Crippen molar-refractivity contribution in [2.45, 2.75) is 12.8 Å². The fourth-order valence-electron chi connectivity index (χ4n) is 2.13. The van der Waals surface area contributed by atoms with E-state index in [1.807, 2.05) is 12.1 Å². The van der Waals surface area contributed by atoms with Gasteiger partial charge in [-0.3, -0.25) is 4.79 Å². The van der Waals surface area contributed by atoms with Gasteiger partial charge in [0.2, 0.25) is 0 Å². The number of hydrogen-bond acceptors (Lipinski definition) is 2. The molecule has 1 fully saturated rings. The van der Waals surface area contributed by atoms with Gasteiger partial charge in [0.15, 0.2) is 0 Å². The fraction of sp³-hybridized carbons (Fsp3) is 0.364. The summed E-state index contributed by atoms with van der Waals surface area (Å²) in [6.07, 6.45) is 2.53. The zero-order valence-corrected chi connectivity index (χ0v) is 7.92. The largest absolute Gasteiger partial charge is 0.372 e. The smallest absolute Gasteiger partial charge is 0.257 e. The maximum Gasteiger partial charge on any atom is 0.257 e. The predicted molar refractivity (Wildman–Crippen MR) is 55.8 cm³/mol. The molecule has 0 saturated carbocycles. The molecule has 0 aliphatic carbocycles. The molecule has 3 heteroatoms. The molecule has 72 valence electrons. The van der Waals surface area contributed by atoms with E-state index in [0.717, 1.165) is 24.3 Å². The van der Waals surface area contributed by atoms with Crippen LogP contribution in [0.3, 0.4) is 0 Å². The first-order chi connectivity index (χ1) is 6.84. The molecular formula is C11H12N2O. The van der Waals surface area contributed by atoms with Crippen LogP contribution in [0.25, 0.3) is 0 Å². The molecule has 1 amide bonds. The van der Waals surface area contributed by atoms with Crippen LogP contribution in [0.5, 0.6) is 0 Å². The monoisotopic (exact) mass is 188 g/mol. The van der Waals surface area contributed by atoms with Crippen LogP contribution in [-0.2, 0) is 0 Å². The minimum absolute atomic E-state index is 0.0565. The molecule has 1 saturated heterocycles. The zero-order chi connectivity index (χ0) is 9.54. The molecule has 1 aromatic rings. The second-order valence-corrected chi connectivity index (χ2v) is 3.88. The third-order valence-corrected chi connectivity index (χ3v) is 2.97. The van der Waals surface area contributed by atoms with Crippen molar-refractivity contribution in [3.05, 3.63) is 23.8 Å². The van der Waals surface area contributed by atoms with E-state index in [-0.39, 0.29) is 5.91 Å². The maximum absolute atomic E-state index is 11.2. The molecule has 3 rings (SSSR count). The zero-order valence-electron chi connectivity index (χ0n) is 7.92. The van der Waals surface area contributed by atoms with Gasteiger partial charge in [-0.1, -0.05) is 0 Å². The van der Waals surface area contributed by atoms with Crippen molar-refractivity contribution in [3.63, 3.8) is 0 Å². The lowest BCUT2D eigenvalue weighted by atomic mass is 10.0. The Hall–Kier alpha value is -1.51. The van der Waals surface area contributed by atoms with Gasteiger partial charge in [0, 0.05) is 18.8 Å². The fourth-order valence-corrected chi connectivity index (χ4v) is 2.13. The maximum atomic E-state index is 11.2. The SMILES string of the molecule is O=C1Nc2ccc(N3CCCC3)cc21. The molecule has 1 N–H and O–H groups in total. The highest BCUT2D eigenvalue weighted by molar-refractivity contribution is 6.18. The number of anilines is 2. The number of hydrogen-bond donors (Lipinski definition) is 1. The molecule has 0 spiro atoms. The third-order valence-electron chi connectivity index (χ3n) is 2.97. The van der Waals surface area contributed by atoms with Crippen LogP contribution in [0.1, 0.15) is 23.2 Å². The number of carbonyl (C=O) groups excluding carboxylic acids is 1. The van der Waals surface area contributed by atoms with Crippen LogP contribution >= 0.6 is 0 Å². The summed E-state index contributed by atoms with van der Waals surface area (Å²) in [4.78, 5) is 13.5. The van der Waals surface area contributed by atoms with Crippen LogP contribution < -0.4 is 10.2 Å².